The van der Waals surface area contributed by atoms with Crippen molar-refractivity contribution in [1.29, 1.82) is 0 Å². The number of esters is 2. The number of carbonyl (C=O) groups excluding carboxylic acids is 2. The van der Waals surface area contributed by atoms with Crippen molar-refractivity contribution < 1.29 is 39.5 Å². The van der Waals surface area contributed by atoms with Gasteiger partial charge >= 0.3 is 11.9 Å². The lowest BCUT2D eigenvalue weighted by Crippen LogP contribution is -2.66. The SMILES string of the molecule is C/C=C(/C)C(=O)OCC1=C[C@@H]2C(O)[C@]3(C=C(C)[C@H](O)[C@@]3(O)[C@@H]1O)[C@H](C)C[C@@](OC(=O)CCC)(C(C)C)[C@H]2C. The van der Waals surface area contributed by atoms with E-state index in [2.05, 4.69) is 0 Å². The maximum atomic E-state index is 12.9. The molecule has 0 amide bonds. The lowest BCUT2D eigenvalue weighted by molar-refractivity contribution is -0.215. The highest BCUT2D eigenvalue weighted by molar-refractivity contribution is 5.87. The molecular weight excluding hydrogens is 488 g/mol. The van der Waals surface area contributed by atoms with E-state index < -0.39 is 58.7 Å². The summed E-state index contributed by atoms with van der Waals surface area (Å²) in [6.07, 6.45) is 1.88. The number of ether oxygens (including phenoxy) is 2. The normalized spacial score (nSPS) is 41.0. The summed E-state index contributed by atoms with van der Waals surface area (Å²) < 4.78 is 11.8. The summed E-state index contributed by atoms with van der Waals surface area (Å²) in [5.74, 6) is -2.65. The molecule has 38 heavy (non-hydrogen) atoms. The second-order valence-electron chi connectivity index (χ2n) is 12.0. The van der Waals surface area contributed by atoms with Gasteiger partial charge in [-0.15, -0.1) is 0 Å². The zero-order valence-corrected chi connectivity index (χ0v) is 24.0. The second kappa shape index (κ2) is 10.9. The van der Waals surface area contributed by atoms with E-state index in [0.29, 0.717) is 24.0 Å². The van der Waals surface area contributed by atoms with Crippen LogP contribution in [0.5, 0.6) is 0 Å². The standard InChI is InChI=1S/C30H46O8/c1-9-11-23(31)38-29(16(3)4)14-19(7)28-13-18(6)24(32)30(28,36)25(33)21(12-22(20(29)8)26(28)34)15-37-27(35)17(5)10-2/h10,12-13,16,19-20,22,24-26,32-34,36H,9,11,14-15H2,1-8H3/b17-10-/t19-,20+,22+,24+,25-,26?,28+,29-,30-/m1/s1. The Balaban J connectivity index is 2.25. The molecular formula is C30H46O8. The Bertz CT molecular complexity index is 1030. The molecule has 1 fully saturated rings. The summed E-state index contributed by atoms with van der Waals surface area (Å²) in [6.45, 7) is 14.3. The van der Waals surface area contributed by atoms with Crippen LogP contribution in [0.2, 0.25) is 0 Å². The number of hydrogen-bond donors (Lipinski definition) is 4. The minimum Gasteiger partial charge on any atom is -0.458 e. The molecule has 8 heteroatoms. The molecule has 0 radical (unpaired) electrons. The van der Waals surface area contributed by atoms with Gasteiger partial charge in [0.1, 0.15) is 30.0 Å². The van der Waals surface area contributed by atoms with E-state index in [9.17, 15) is 30.0 Å². The summed E-state index contributed by atoms with van der Waals surface area (Å²) in [4.78, 5) is 25.3. The van der Waals surface area contributed by atoms with Crippen LogP contribution in [-0.2, 0) is 19.1 Å². The molecule has 2 bridgehead atoms. The van der Waals surface area contributed by atoms with Gasteiger partial charge in [0.15, 0.2) is 0 Å². The molecule has 1 unspecified atom stereocenters. The van der Waals surface area contributed by atoms with Gasteiger partial charge in [0.05, 0.1) is 11.5 Å². The predicted molar refractivity (Wildman–Crippen MR) is 143 cm³/mol. The number of carbonyl (C=O) groups is 2. The van der Waals surface area contributed by atoms with E-state index in [1.165, 1.54) is 0 Å². The zero-order valence-electron chi connectivity index (χ0n) is 24.0. The molecule has 0 aromatic carbocycles. The van der Waals surface area contributed by atoms with Crippen molar-refractivity contribution in [3.8, 4) is 0 Å². The molecule has 3 aliphatic carbocycles. The highest BCUT2D eigenvalue weighted by atomic mass is 16.6. The zero-order chi connectivity index (χ0) is 28.8. The molecule has 0 aliphatic heterocycles. The number of hydrogen-bond acceptors (Lipinski definition) is 8. The van der Waals surface area contributed by atoms with Gasteiger partial charge < -0.3 is 29.9 Å². The summed E-state index contributed by atoms with van der Waals surface area (Å²) in [5.41, 5.74) is -3.62. The Kier molecular flexibility index (Phi) is 8.74. The maximum Gasteiger partial charge on any atom is 0.333 e. The second-order valence-corrected chi connectivity index (χ2v) is 12.0. The van der Waals surface area contributed by atoms with Gasteiger partial charge in [-0.2, -0.15) is 0 Å². The van der Waals surface area contributed by atoms with Crippen molar-refractivity contribution in [2.45, 2.75) is 104 Å². The summed E-state index contributed by atoms with van der Waals surface area (Å²) in [7, 11) is 0. The fourth-order valence-electron chi connectivity index (χ4n) is 7.29. The van der Waals surface area contributed by atoms with Crippen LogP contribution in [0.4, 0.5) is 0 Å². The first-order valence-corrected chi connectivity index (χ1v) is 13.8. The van der Waals surface area contributed by atoms with Crippen LogP contribution in [0.25, 0.3) is 0 Å². The molecule has 3 rings (SSSR count). The van der Waals surface area contributed by atoms with E-state index in [4.69, 9.17) is 9.47 Å². The third-order valence-electron chi connectivity index (χ3n) is 9.69. The quantitative estimate of drug-likeness (QED) is 0.222. The van der Waals surface area contributed by atoms with Gasteiger partial charge in [-0.25, -0.2) is 4.79 Å². The van der Waals surface area contributed by atoms with Crippen molar-refractivity contribution >= 4 is 11.9 Å². The summed E-state index contributed by atoms with van der Waals surface area (Å²) in [6, 6.07) is 0. The first-order chi connectivity index (χ1) is 17.6. The smallest absolute Gasteiger partial charge is 0.333 e. The Labute approximate surface area is 226 Å². The van der Waals surface area contributed by atoms with Gasteiger partial charge in [0.2, 0.25) is 0 Å². The van der Waals surface area contributed by atoms with Gasteiger partial charge in [0.25, 0.3) is 0 Å². The maximum absolute atomic E-state index is 12.9. The van der Waals surface area contributed by atoms with E-state index in [0.717, 1.165) is 0 Å². The molecule has 0 aromatic rings. The van der Waals surface area contributed by atoms with E-state index >= 15 is 0 Å². The highest BCUT2D eigenvalue weighted by Crippen LogP contribution is 2.63. The first-order valence-electron chi connectivity index (χ1n) is 13.8. The molecule has 3 aliphatic rings. The van der Waals surface area contributed by atoms with Crippen LogP contribution in [0.3, 0.4) is 0 Å². The van der Waals surface area contributed by atoms with Crippen LogP contribution in [-0.4, -0.2) is 68.5 Å². The Hall–Kier alpha value is -2.00. The number of allylic oxidation sites excluding steroid dienone is 1. The third kappa shape index (κ3) is 4.37. The molecule has 0 heterocycles. The molecule has 8 nitrogen and oxygen atoms in total. The van der Waals surface area contributed by atoms with Crippen molar-refractivity contribution in [2.75, 3.05) is 6.61 Å². The summed E-state index contributed by atoms with van der Waals surface area (Å²) in [5, 5.41) is 47.4. The Morgan fingerprint density at radius 3 is 2.37 bits per heavy atom. The average Bonchev–Trinajstić information content (AvgIpc) is 3.01. The molecule has 0 aromatic heterocycles. The number of fused-ring (bicyclic) bond motifs is 1. The van der Waals surface area contributed by atoms with Crippen LogP contribution in [0.15, 0.2) is 34.9 Å². The molecule has 4 N–H and O–H groups in total. The molecule has 0 saturated heterocycles. The van der Waals surface area contributed by atoms with E-state index in [1.54, 1.807) is 39.0 Å². The third-order valence-corrected chi connectivity index (χ3v) is 9.69. The van der Waals surface area contributed by atoms with Crippen LogP contribution in [0, 0.1) is 29.1 Å². The molecule has 214 valence electrons. The highest BCUT2D eigenvalue weighted by Gasteiger charge is 2.72. The lowest BCUT2D eigenvalue weighted by atomic mass is 9.58. The fourth-order valence-corrected chi connectivity index (χ4v) is 7.29. The Morgan fingerprint density at radius 1 is 1.18 bits per heavy atom. The van der Waals surface area contributed by atoms with E-state index in [1.807, 2.05) is 34.6 Å². The largest absolute Gasteiger partial charge is 0.458 e. The molecule has 1 spiro atoms. The van der Waals surface area contributed by atoms with Crippen molar-refractivity contribution in [2.24, 2.45) is 29.1 Å². The number of aliphatic hydroxyl groups excluding tert-OH is 3. The molecule has 1 saturated carbocycles. The topological polar surface area (TPSA) is 134 Å². The number of aliphatic hydroxyl groups is 4. The fraction of sp³-hybridized carbons (Fsp3) is 0.733. The van der Waals surface area contributed by atoms with Gasteiger partial charge in [0, 0.05) is 23.8 Å². The van der Waals surface area contributed by atoms with Crippen molar-refractivity contribution in [3.63, 3.8) is 0 Å². The van der Waals surface area contributed by atoms with Crippen molar-refractivity contribution in [3.05, 3.63) is 34.9 Å². The molecule has 9 atom stereocenters. The van der Waals surface area contributed by atoms with Gasteiger partial charge in [-0.3, -0.25) is 4.79 Å². The van der Waals surface area contributed by atoms with Crippen LogP contribution in [0.1, 0.15) is 74.7 Å². The lowest BCUT2D eigenvalue weighted by Gasteiger charge is -2.51. The average molecular weight is 535 g/mol. The minimum atomic E-state index is -2.20. The predicted octanol–water partition coefficient (Wildman–Crippen LogP) is 3.23. The summed E-state index contributed by atoms with van der Waals surface area (Å²) >= 11 is 0. The van der Waals surface area contributed by atoms with E-state index in [-0.39, 0.29) is 30.5 Å². The first kappa shape index (κ1) is 30.5. The van der Waals surface area contributed by atoms with Crippen molar-refractivity contribution in [1.82, 2.24) is 0 Å². The van der Waals surface area contributed by atoms with Crippen LogP contribution < -0.4 is 0 Å². The van der Waals surface area contributed by atoms with Crippen LogP contribution >= 0.6 is 0 Å². The number of rotatable bonds is 7. The monoisotopic (exact) mass is 534 g/mol. The Morgan fingerprint density at radius 2 is 1.82 bits per heavy atom. The van der Waals surface area contributed by atoms with Gasteiger partial charge in [-0.05, 0) is 56.6 Å². The minimum absolute atomic E-state index is 0.133. The van der Waals surface area contributed by atoms with Gasteiger partial charge in [-0.1, -0.05) is 52.8 Å².